The molecule has 0 aliphatic carbocycles. The summed E-state index contributed by atoms with van der Waals surface area (Å²) in [5.74, 6) is -0.216. The number of fused-ring (bicyclic) bond motifs is 1. The van der Waals surface area contributed by atoms with Gasteiger partial charge < -0.3 is 10.2 Å². The van der Waals surface area contributed by atoms with E-state index in [1.165, 1.54) is 16.9 Å². The van der Waals surface area contributed by atoms with Gasteiger partial charge in [-0.3, -0.25) is 9.59 Å². The fourth-order valence-electron chi connectivity index (χ4n) is 2.73. The van der Waals surface area contributed by atoms with E-state index in [0.717, 1.165) is 29.1 Å². The Morgan fingerprint density at radius 3 is 2.88 bits per heavy atom. The Labute approximate surface area is 144 Å². The number of hydrogen-bond acceptors (Lipinski definition) is 5. The Hall–Kier alpha value is -2.28. The molecule has 6 nitrogen and oxygen atoms in total. The summed E-state index contributed by atoms with van der Waals surface area (Å²) in [5.41, 5.74) is 3.31. The topological polar surface area (TPSA) is 75.2 Å². The largest absolute Gasteiger partial charge is 0.312 e. The van der Waals surface area contributed by atoms with Gasteiger partial charge >= 0.3 is 0 Å². The van der Waals surface area contributed by atoms with Crippen LogP contribution in [0.2, 0.25) is 0 Å². The van der Waals surface area contributed by atoms with Crippen LogP contribution in [0.15, 0.2) is 18.2 Å². The van der Waals surface area contributed by atoms with Gasteiger partial charge in [-0.05, 0) is 37.0 Å². The second-order valence-electron chi connectivity index (χ2n) is 5.83. The standard InChI is InChI=1S/C17H20N4O2S/c1-3-15-19-20-17(24-15)18-14(22)6-7-16(23)21-9-8-12-5-4-11(2)10-13(12)21/h4-5,10H,3,6-9H2,1-2H3,(H,18,20,22). The van der Waals surface area contributed by atoms with Crippen LogP contribution in [0.1, 0.15) is 35.9 Å². The normalized spacial score (nSPS) is 13.0. The van der Waals surface area contributed by atoms with Gasteiger partial charge in [0.25, 0.3) is 0 Å². The fourth-order valence-corrected chi connectivity index (χ4v) is 3.43. The average molecular weight is 344 g/mol. The van der Waals surface area contributed by atoms with E-state index in [2.05, 4.69) is 27.6 Å². The summed E-state index contributed by atoms with van der Waals surface area (Å²) in [6.45, 7) is 4.69. The number of carbonyl (C=O) groups excluding carboxylic acids is 2. The molecule has 1 aliphatic heterocycles. The Bertz CT molecular complexity index is 772. The molecule has 0 saturated carbocycles. The Balaban J connectivity index is 1.55. The number of nitrogens with one attached hydrogen (secondary N) is 1. The van der Waals surface area contributed by atoms with Gasteiger partial charge in [0.15, 0.2) is 0 Å². The first kappa shape index (κ1) is 16.6. The number of anilines is 2. The van der Waals surface area contributed by atoms with Crippen LogP contribution in [-0.4, -0.2) is 28.6 Å². The van der Waals surface area contributed by atoms with Crippen LogP contribution in [0, 0.1) is 6.92 Å². The van der Waals surface area contributed by atoms with Gasteiger partial charge in [0.2, 0.25) is 16.9 Å². The van der Waals surface area contributed by atoms with Crippen molar-refractivity contribution in [1.82, 2.24) is 10.2 Å². The van der Waals surface area contributed by atoms with E-state index in [-0.39, 0.29) is 24.7 Å². The van der Waals surface area contributed by atoms with Crippen molar-refractivity contribution in [2.45, 2.75) is 39.5 Å². The number of carbonyl (C=O) groups is 2. The Morgan fingerprint density at radius 1 is 1.29 bits per heavy atom. The van der Waals surface area contributed by atoms with Crippen LogP contribution in [-0.2, 0) is 22.4 Å². The quantitative estimate of drug-likeness (QED) is 0.905. The maximum absolute atomic E-state index is 12.4. The lowest BCUT2D eigenvalue weighted by Gasteiger charge is -2.17. The molecule has 2 amide bonds. The van der Waals surface area contributed by atoms with Gasteiger partial charge in [0, 0.05) is 25.1 Å². The number of nitrogens with zero attached hydrogens (tertiary/aromatic N) is 3. The third-order valence-corrected chi connectivity index (χ3v) is 5.00. The molecule has 0 atom stereocenters. The van der Waals surface area contributed by atoms with Gasteiger partial charge in [0.05, 0.1) is 0 Å². The number of amides is 2. The van der Waals surface area contributed by atoms with Crippen molar-refractivity contribution in [2.75, 3.05) is 16.8 Å². The summed E-state index contributed by atoms with van der Waals surface area (Å²) in [5, 5.41) is 11.9. The first-order valence-corrected chi connectivity index (χ1v) is 8.90. The summed E-state index contributed by atoms with van der Waals surface area (Å²) in [7, 11) is 0. The highest BCUT2D eigenvalue weighted by molar-refractivity contribution is 7.15. The zero-order chi connectivity index (χ0) is 17.1. The lowest BCUT2D eigenvalue weighted by Crippen LogP contribution is -2.29. The smallest absolute Gasteiger partial charge is 0.227 e. The first-order valence-electron chi connectivity index (χ1n) is 8.09. The highest BCUT2D eigenvalue weighted by Gasteiger charge is 2.24. The summed E-state index contributed by atoms with van der Waals surface area (Å²) >= 11 is 1.36. The maximum atomic E-state index is 12.4. The van der Waals surface area contributed by atoms with Crippen LogP contribution >= 0.6 is 11.3 Å². The summed E-state index contributed by atoms with van der Waals surface area (Å²) in [6.07, 6.45) is 2.01. The van der Waals surface area contributed by atoms with Crippen molar-refractivity contribution in [3.05, 3.63) is 34.3 Å². The van der Waals surface area contributed by atoms with E-state index in [1.54, 1.807) is 4.90 Å². The van der Waals surface area contributed by atoms with E-state index >= 15 is 0 Å². The van der Waals surface area contributed by atoms with Gasteiger partial charge in [-0.15, -0.1) is 10.2 Å². The van der Waals surface area contributed by atoms with Crippen LogP contribution in [0.5, 0.6) is 0 Å². The van der Waals surface area contributed by atoms with E-state index in [1.807, 2.05) is 19.9 Å². The lowest BCUT2D eigenvalue weighted by atomic mass is 10.1. The number of hydrogen-bond donors (Lipinski definition) is 1. The molecule has 1 aliphatic rings. The van der Waals surface area contributed by atoms with Crippen LogP contribution < -0.4 is 10.2 Å². The predicted molar refractivity (Wildman–Crippen MR) is 94.4 cm³/mol. The predicted octanol–water partition coefficient (Wildman–Crippen LogP) is 2.72. The van der Waals surface area contributed by atoms with Crippen molar-refractivity contribution in [3.63, 3.8) is 0 Å². The third kappa shape index (κ3) is 3.62. The Kier molecular flexibility index (Phi) is 4.89. The highest BCUT2D eigenvalue weighted by atomic mass is 32.1. The summed E-state index contributed by atoms with van der Waals surface area (Å²) < 4.78 is 0. The zero-order valence-corrected chi connectivity index (χ0v) is 14.7. The highest BCUT2D eigenvalue weighted by Crippen LogP contribution is 2.29. The monoisotopic (exact) mass is 344 g/mol. The van der Waals surface area contributed by atoms with Crippen molar-refractivity contribution in [3.8, 4) is 0 Å². The minimum atomic E-state index is -0.203. The average Bonchev–Trinajstić information content (AvgIpc) is 3.18. The van der Waals surface area contributed by atoms with E-state index < -0.39 is 0 Å². The molecule has 2 heterocycles. The fraction of sp³-hybridized carbons (Fsp3) is 0.412. The number of benzene rings is 1. The molecule has 1 aromatic heterocycles. The van der Waals surface area contributed by atoms with Crippen LogP contribution in [0.4, 0.5) is 10.8 Å². The van der Waals surface area contributed by atoms with Crippen molar-refractivity contribution in [2.24, 2.45) is 0 Å². The van der Waals surface area contributed by atoms with Gasteiger partial charge in [-0.1, -0.05) is 30.4 Å². The molecule has 2 aromatic rings. The molecule has 126 valence electrons. The van der Waals surface area contributed by atoms with E-state index in [4.69, 9.17) is 0 Å². The molecule has 1 N–H and O–H groups in total. The van der Waals surface area contributed by atoms with Gasteiger partial charge in [-0.25, -0.2) is 0 Å². The minimum Gasteiger partial charge on any atom is -0.312 e. The molecule has 0 fully saturated rings. The summed E-state index contributed by atoms with van der Waals surface area (Å²) in [6, 6.07) is 6.17. The second kappa shape index (κ2) is 7.09. The van der Waals surface area contributed by atoms with Crippen molar-refractivity contribution in [1.29, 1.82) is 0 Å². The maximum Gasteiger partial charge on any atom is 0.227 e. The molecule has 7 heteroatoms. The lowest BCUT2D eigenvalue weighted by molar-refractivity contribution is -0.122. The van der Waals surface area contributed by atoms with E-state index in [0.29, 0.717) is 11.7 Å². The molecule has 1 aromatic carbocycles. The van der Waals surface area contributed by atoms with Gasteiger partial charge in [-0.2, -0.15) is 0 Å². The Morgan fingerprint density at radius 2 is 2.12 bits per heavy atom. The molecule has 0 unspecified atom stereocenters. The number of aromatic nitrogens is 2. The van der Waals surface area contributed by atoms with Crippen molar-refractivity contribution >= 4 is 34.0 Å². The molecular formula is C17H20N4O2S. The third-order valence-electron chi connectivity index (χ3n) is 4.02. The molecule has 0 spiro atoms. The zero-order valence-electron chi connectivity index (χ0n) is 13.8. The molecule has 24 heavy (non-hydrogen) atoms. The summed E-state index contributed by atoms with van der Waals surface area (Å²) in [4.78, 5) is 26.2. The first-order chi connectivity index (χ1) is 11.6. The van der Waals surface area contributed by atoms with Crippen LogP contribution in [0.3, 0.4) is 0 Å². The molecule has 0 saturated heterocycles. The molecule has 0 radical (unpaired) electrons. The minimum absolute atomic E-state index is 0.0130. The second-order valence-corrected chi connectivity index (χ2v) is 6.89. The number of rotatable bonds is 5. The van der Waals surface area contributed by atoms with E-state index in [9.17, 15) is 9.59 Å². The molecular weight excluding hydrogens is 324 g/mol. The number of aryl methyl sites for hydroxylation is 2. The molecule has 0 bridgehead atoms. The van der Waals surface area contributed by atoms with Crippen molar-refractivity contribution < 1.29 is 9.59 Å². The molecule has 3 rings (SSSR count). The van der Waals surface area contributed by atoms with Gasteiger partial charge in [0.1, 0.15) is 5.01 Å². The SMILES string of the molecule is CCc1nnc(NC(=O)CCC(=O)N2CCc3ccc(C)cc32)s1. The van der Waals surface area contributed by atoms with Crippen LogP contribution in [0.25, 0.3) is 0 Å².